The predicted octanol–water partition coefficient (Wildman–Crippen LogP) is 4.58. The number of nitrogens with one attached hydrogen (secondary N) is 1. The summed E-state index contributed by atoms with van der Waals surface area (Å²) >= 11 is 0. The van der Waals surface area contributed by atoms with Gasteiger partial charge < -0.3 is 14.6 Å². The van der Waals surface area contributed by atoms with Crippen molar-refractivity contribution in [3.63, 3.8) is 0 Å². The van der Waals surface area contributed by atoms with Gasteiger partial charge in [-0.25, -0.2) is 4.98 Å². The van der Waals surface area contributed by atoms with Crippen LogP contribution in [-0.2, 0) is 17.8 Å². The van der Waals surface area contributed by atoms with Crippen molar-refractivity contribution in [2.45, 2.75) is 52.5 Å². The molecule has 5 nitrogen and oxygen atoms in total. The number of aromatic nitrogens is 2. The molecule has 0 radical (unpaired) electrons. The van der Waals surface area contributed by atoms with Gasteiger partial charge in [0.2, 0.25) is 5.91 Å². The van der Waals surface area contributed by atoms with Crippen molar-refractivity contribution in [1.82, 2.24) is 14.9 Å². The molecule has 0 unspecified atom stereocenters. The number of ether oxygens (including phenoxy) is 1. The van der Waals surface area contributed by atoms with Crippen molar-refractivity contribution in [3.8, 4) is 5.75 Å². The number of unbranched alkanes of at least 4 members (excludes halogenated alkanes) is 1. The number of amides is 1. The van der Waals surface area contributed by atoms with Crippen LogP contribution in [0.3, 0.4) is 0 Å². The molecule has 1 amide bonds. The molecule has 5 heteroatoms. The average Bonchev–Trinajstić information content (AvgIpc) is 3.53. The Morgan fingerprint density at radius 2 is 2.00 bits per heavy atom. The summed E-state index contributed by atoms with van der Waals surface area (Å²) in [6, 6.07) is 14.6. The number of benzene rings is 2. The average molecular weight is 406 g/mol. The number of nitrogens with zero attached hydrogens (tertiary/aromatic N) is 2. The van der Waals surface area contributed by atoms with Gasteiger partial charge in [0, 0.05) is 25.4 Å². The molecule has 0 bridgehead atoms. The van der Waals surface area contributed by atoms with E-state index in [4.69, 9.17) is 9.72 Å². The quantitative estimate of drug-likeness (QED) is 0.502. The Labute approximate surface area is 178 Å². The van der Waals surface area contributed by atoms with Crippen molar-refractivity contribution in [2.24, 2.45) is 5.92 Å². The van der Waals surface area contributed by atoms with E-state index in [1.54, 1.807) is 0 Å². The normalized spacial score (nSPS) is 13.5. The van der Waals surface area contributed by atoms with Crippen LogP contribution >= 0.6 is 0 Å². The molecule has 0 saturated heterocycles. The molecule has 0 aliphatic heterocycles. The molecule has 2 aromatic carbocycles. The van der Waals surface area contributed by atoms with Gasteiger partial charge in [-0.1, -0.05) is 24.3 Å². The summed E-state index contributed by atoms with van der Waals surface area (Å²) < 4.78 is 8.30. The Morgan fingerprint density at radius 3 is 2.83 bits per heavy atom. The van der Waals surface area contributed by atoms with Gasteiger partial charge in [0.25, 0.3) is 0 Å². The zero-order valence-electron chi connectivity index (χ0n) is 18.0. The third kappa shape index (κ3) is 5.02. The molecule has 30 heavy (non-hydrogen) atoms. The molecule has 1 saturated carbocycles. The second kappa shape index (κ2) is 9.33. The van der Waals surface area contributed by atoms with Crippen molar-refractivity contribution < 1.29 is 9.53 Å². The van der Waals surface area contributed by atoms with E-state index in [-0.39, 0.29) is 11.8 Å². The van der Waals surface area contributed by atoms with Gasteiger partial charge in [-0.3, -0.25) is 4.79 Å². The van der Waals surface area contributed by atoms with E-state index in [2.05, 4.69) is 60.1 Å². The fourth-order valence-corrected chi connectivity index (χ4v) is 3.77. The van der Waals surface area contributed by atoms with E-state index in [0.717, 1.165) is 61.3 Å². The second-order valence-corrected chi connectivity index (χ2v) is 8.31. The highest BCUT2D eigenvalue weighted by atomic mass is 16.5. The van der Waals surface area contributed by atoms with E-state index in [9.17, 15) is 4.79 Å². The number of rotatable bonds is 10. The van der Waals surface area contributed by atoms with Crippen LogP contribution in [-0.4, -0.2) is 28.6 Å². The maximum atomic E-state index is 11.9. The fraction of sp³-hybridized carbons (Fsp3) is 0.440. The van der Waals surface area contributed by atoms with Crippen LogP contribution in [0.2, 0.25) is 0 Å². The first-order valence-corrected chi connectivity index (χ1v) is 11.0. The minimum Gasteiger partial charge on any atom is -0.493 e. The zero-order chi connectivity index (χ0) is 20.9. The second-order valence-electron chi connectivity index (χ2n) is 8.31. The van der Waals surface area contributed by atoms with Gasteiger partial charge in [-0.15, -0.1) is 0 Å². The maximum Gasteiger partial charge on any atom is 0.223 e. The van der Waals surface area contributed by atoms with E-state index in [1.807, 2.05) is 6.07 Å². The lowest BCUT2D eigenvalue weighted by atomic mass is 10.1. The zero-order valence-corrected chi connectivity index (χ0v) is 18.0. The van der Waals surface area contributed by atoms with Gasteiger partial charge >= 0.3 is 0 Å². The Morgan fingerprint density at radius 1 is 1.17 bits per heavy atom. The first kappa shape index (κ1) is 20.5. The van der Waals surface area contributed by atoms with Crippen molar-refractivity contribution in [3.05, 3.63) is 59.4 Å². The van der Waals surface area contributed by atoms with E-state index >= 15 is 0 Å². The molecule has 1 fully saturated rings. The molecule has 0 atom stereocenters. The number of hydrogen-bond donors (Lipinski definition) is 1. The van der Waals surface area contributed by atoms with Gasteiger partial charge in [-0.2, -0.15) is 0 Å². The number of carbonyl (C=O) groups is 1. The highest BCUT2D eigenvalue weighted by molar-refractivity contribution is 5.80. The smallest absolute Gasteiger partial charge is 0.223 e. The number of imidazole rings is 1. The van der Waals surface area contributed by atoms with Gasteiger partial charge in [0.1, 0.15) is 11.6 Å². The monoisotopic (exact) mass is 405 g/mol. The lowest BCUT2D eigenvalue weighted by molar-refractivity contribution is -0.122. The summed E-state index contributed by atoms with van der Waals surface area (Å²) in [5.41, 5.74) is 4.58. The Hall–Kier alpha value is -2.82. The third-order valence-corrected chi connectivity index (χ3v) is 5.71. The Kier molecular flexibility index (Phi) is 6.36. The van der Waals surface area contributed by atoms with Crippen LogP contribution in [0, 0.1) is 19.8 Å². The summed E-state index contributed by atoms with van der Waals surface area (Å²) in [4.78, 5) is 16.7. The summed E-state index contributed by atoms with van der Waals surface area (Å²) in [6.07, 6.45) is 4.83. The molecule has 1 heterocycles. The van der Waals surface area contributed by atoms with Crippen LogP contribution in [0.4, 0.5) is 0 Å². The lowest BCUT2D eigenvalue weighted by Crippen LogP contribution is -2.27. The summed E-state index contributed by atoms with van der Waals surface area (Å²) in [5, 5.41) is 3.06. The number of fused-ring (bicyclic) bond motifs is 1. The minimum absolute atomic E-state index is 0.196. The van der Waals surface area contributed by atoms with Crippen molar-refractivity contribution in [2.75, 3.05) is 13.2 Å². The standard InChI is InChI=1S/C25H31N3O2/c1-18-9-10-19(2)23(17-18)30-16-6-5-15-28-22-8-4-3-7-21(22)27-24(28)13-14-26-25(29)20-11-12-20/h3-4,7-10,17,20H,5-6,11-16H2,1-2H3,(H,26,29). The van der Waals surface area contributed by atoms with Gasteiger partial charge in [0.15, 0.2) is 0 Å². The molecule has 3 aromatic rings. The lowest BCUT2D eigenvalue weighted by Gasteiger charge is -2.12. The molecule has 1 aromatic heterocycles. The van der Waals surface area contributed by atoms with Crippen LogP contribution in [0.1, 0.15) is 42.6 Å². The number of hydrogen-bond acceptors (Lipinski definition) is 3. The summed E-state index contributed by atoms with van der Waals surface area (Å²) in [5.74, 6) is 2.47. The number of aryl methyl sites for hydroxylation is 3. The highest BCUT2D eigenvalue weighted by Crippen LogP contribution is 2.28. The molecule has 158 valence electrons. The van der Waals surface area contributed by atoms with Crippen LogP contribution in [0.5, 0.6) is 5.75 Å². The number of para-hydroxylation sites is 2. The fourth-order valence-electron chi connectivity index (χ4n) is 3.77. The van der Waals surface area contributed by atoms with Crippen LogP contribution in [0.25, 0.3) is 11.0 Å². The largest absolute Gasteiger partial charge is 0.493 e. The molecule has 4 rings (SSSR count). The van der Waals surface area contributed by atoms with Crippen LogP contribution < -0.4 is 10.1 Å². The molecule has 1 N–H and O–H groups in total. The molecule has 1 aliphatic rings. The highest BCUT2D eigenvalue weighted by Gasteiger charge is 2.29. The predicted molar refractivity (Wildman–Crippen MR) is 120 cm³/mol. The first-order chi connectivity index (χ1) is 14.6. The topological polar surface area (TPSA) is 56.1 Å². The Bertz CT molecular complexity index is 1020. The minimum atomic E-state index is 0.196. The SMILES string of the molecule is Cc1ccc(C)c(OCCCCn2c(CCNC(=O)C3CC3)nc3ccccc32)c1. The van der Waals surface area contributed by atoms with E-state index in [1.165, 1.54) is 11.1 Å². The molecular formula is C25H31N3O2. The maximum absolute atomic E-state index is 11.9. The summed E-state index contributed by atoms with van der Waals surface area (Å²) in [6.45, 7) is 6.44. The van der Waals surface area contributed by atoms with Crippen molar-refractivity contribution >= 4 is 16.9 Å². The summed E-state index contributed by atoms with van der Waals surface area (Å²) in [7, 11) is 0. The van der Waals surface area contributed by atoms with Crippen molar-refractivity contribution in [1.29, 1.82) is 0 Å². The molecule has 0 spiro atoms. The van der Waals surface area contributed by atoms with Gasteiger partial charge in [0.05, 0.1) is 17.6 Å². The van der Waals surface area contributed by atoms with Crippen LogP contribution in [0.15, 0.2) is 42.5 Å². The third-order valence-electron chi connectivity index (χ3n) is 5.71. The molecular weight excluding hydrogens is 374 g/mol. The number of carbonyl (C=O) groups excluding carboxylic acids is 1. The van der Waals surface area contributed by atoms with E-state index < -0.39 is 0 Å². The van der Waals surface area contributed by atoms with E-state index in [0.29, 0.717) is 13.2 Å². The molecule has 1 aliphatic carbocycles. The Balaban J connectivity index is 1.32. The first-order valence-electron chi connectivity index (χ1n) is 11.0. The van der Waals surface area contributed by atoms with Gasteiger partial charge in [-0.05, 0) is 68.9 Å².